The molecule has 106 valence electrons. The number of carbonyl (C=O) groups is 1. The van der Waals surface area contributed by atoms with Crippen molar-refractivity contribution in [3.8, 4) is 0 Å². The Bertz CT molecular complexity index is 459. The van der Waals surface area contributed by atoms with E-state index in [2.05, 4.69) is 5.09 Å². The number of carbonyl (C=O) groups excluding carboxylic acids is 1. The Labute approximate surface area is 115 Å². The number of ether oxygens (including phenoxy) is 1. The Morgan fingerprint density at radius 1 is 1.32 bits per heavy atom. The molecule has 0 saturated carbocycles. The molecule has 1 aromatic rings. The van der Waals surface area contributed by atoms with Gasteiger partial charge in [0.25, 0.3) is 0 Å². The lowest BCUT2D eigenvalue weighted by Crippen LogP contribution is -2.38. The average Bonchev–Trinajstić information content (AvgIpc) is 2.37. The summed E-state index contributed by atoms with van der Waals surface area (Å²) in [6, 6.07) is 8.61. The number of benzene rings is 1. The maximum atomic E-state index is 12.7. The molecule has 1 unspecified atom stereocenters. The summed E-state index contributed by atoms with van der Waals surface area (Å²) >= 11 is 0. The van der Waals surface area contributed by atoms with Crippen LogP contribution in [-0.4, -0.2) is 25.8 Å². The van der Waals surface area contributed by atoms with Crippen molar-refractivity contribution in [1.29, 1.82) is 0 Å². The van der Waals surface area contributed by atoms with Gasteiger partial charge in [0, 0.05) is 12.0 Å². The highest BCUT2D eigenvalue weighted by atomic mass is 31.2. The third-order valence-corrected chi connectivity index (χ3v) is 4.93. The van der Waals surface area contributed by atoms with E-state index in [1.54, 1.807) is 18.8 Å². The SMILES string of the molecule is COC(=O)[C@H](CC(C)C)NP(C)(=O)c1ccccc1. The maximum Gasteiger partial charge on any atom is 0.323 e. The van der Waals surface area contributed by atoms with Gasteiger partial charge in [-0.1, -0.05) is 44.2 Å². The molecule has 0 aliphatic carbocycles. The van der Waals surface area contributed by atoms with Crippen molar-refractivity contribution >= 4 is 18.6 Å². The Kier molecular flexibility index (Phi) is 5.77. The van der Waals surface area contributed by atoms with Crippen LogP contribution in [0.15, 0.2) is 30.3 Å². The first-order chi connectivity index (χ1) is 8.86. The van der Waals surface area contributed by atoms with Crippen LogP contribution in [0.3, 0.4) is 0 Å². The van der Waals surface area contributed by atoms with Crippen LogP contribution < -0.4 is 10.4 Å². The zero-order valence-corrected chi connectivity index (χ0v) is 12.8. The number of methoxy groups -OCH3 is 1. The number of rotatable bonds is 6. The van der Waals surface area contributed by atoms with Crippen LogP contribution in [0.4, 0.5) is 0 Å². The molecule has 0 heterocycles. The smallest absolute Gasteiger partial charge is 0.323 e. The van der Waals surface area contributed by atoms with Gasteiger partial charge in [0.05, 0.1) is 7.11 Å². The van der Waals surface area contributed by atoms with Gasteiger partial charge in [0.2, 0.25) is 0 Å². The summed E-state index contributed by atoms with van der Waals surface area (Å²) in [5, 5.41) is 3.69. The predicted octanol–water partition coefficient (Wildman–Crippen LogP) is 2.40. The minimum absolute atomic E-state index is 0.312. The molecule has 1 aromatic carbocycles. The number of nitrogens with one attached hydrogen (secondary N) is 1. The lowest BCUT2D eigenvalue weighted by molar-refractivity contribution is -0.143. The number of hydrogen-bond donors (Lipinski definition) is 1. The topological polar surface area (TPSA) is 55.4 Å². The Morgan fingerprint density at radius 2 is 1.89 bits per heavy atom. The summed E-state index contributed by atoms with van der Waals surface area (Å²) in [6.07, 6.45) is 0.595. The Balaban J connectivity index is 2.89. The molecule has 0 saturated heterocycles. The maximum absolute atomic E-state index is 12.7. The quantitative estimate of drug-likeness (QED) is 0.643. The van der Waals surface area contributed by atoms with E-state index >= 15 is 0 Å². The molecule has 0 fully saturated rings. The van der Waals surface area contributed by atoms with Crippen molar-refractivity contribution in [3.63, 3.8) is 0 Å². The number of esters is 1. The van der Waals surface area contributed by atoms with Gasteiger partial charge >= 0.3 is 5.97 Å². The lowest BCUT2D eigenvalue weighted by atomic mass is 10.1. The minimum Gasteiger partial charge on any atom is -0.468 e. The molecule has 0 aromatic heterocycles. The molecule has 0 amide bonds. The van der Waals surface area contributed by atoms with E-state index in [1.165, 1.54) is 7.11 Å². The van der Waals surface area contributed by atoms with Gasteiger partial charge in [-0.2, -0.15) is 0 Å². The second-order valence-electron chi connectivity index (χ2n) is 5.09. The monoisotopic (exact) mass is 283 g/mol. The van der Waals surface area contributed by atoms with E-state index < -0.39 is 13.3 Å². The van der Waals surface area contributed by atoms with Gasteiger partial charge in [0.1, 0.15) is 6.04 Å². The van der Waals surface area contributed by atoms with E-state index in [4.69, 9.17) is 4.74 Å². The van der Waals surface area contributed by atoms with Crippen molar-refractivity contribution in [3.05, 3.63) is 30.3 Å². The molecule has 0 aliphatic heterocycles. The van der Waals surface area contributed by atoms with Gasteiger partial charge in [0.15, 0.2) is 7.29 Å². The van der Waals surface area contributed by atoms with Gasteiger partial charge < -0.3 is 9.30 Å². The summed E-state index contributed by atoms with van der Waals surface area (Å²) in [5.74, 6) is -0.0564. The Morgan fingerprint density at radius 3 is 2.37 bits per heavy atom. The zero-order chi connectivity index (χ0) is 14.5. The predicted molar refractivity (Wildman–Crippen MR) is 78.0 cm³/mol. The standard InChI is InChI=1S/C14H22NO3P/c1-11(2)10-13(14(16)18-3)15-19(4,17)12-8-6-5-7-9-12/h5-9,11,13H,10H2,1-4H3,(H,15,17)/t13-,19?/m0/s1. The highest BCUT2D eigenvalue weighted by Crippen LogP contribution is 2.36. The molecule has 2 atom stereocenters. The van der Waals surface area contributed by atoms with E-state index in [0.29, 0.717) is 17.6 Å². The minimum atomic E-state index is -2.78. The van der Waals surface area contributed by atoms with Gasteiger partial charge in [-0.15, -0.1) is 0 Å². The molecular formula is C14H22NO3P. The summed E-state index contributed by atoms with van der Waals surface area (Å²) < 4.78 is 17.5. The van der Waals surface area contributed by atoms with Crippen molar-refractivity contribution in [1.82, 2.24) is 5.09 Å². The highest BCUT2D eigenvalue weighted by Gasteiger charge is 2.28. The van der Waals surface area contributed by atoms with Crippen LogP contribution in [0, 0.1) is 5.92 Å². The van der Waals surface area contributed by atoms with E-state index in [-0.39, 0.29) is 5.97 Å². The van der Waals surface area contributed by atoms with E-state index in [0.717, 1.165) is 0 Å². The first kappa shape index (κ1) is 15.9. The highest BCUT2D eigenvalue weighted by molar-refractivity contribution is 7.69. The van der Waals surface area contributed by atoms with Gasteiger partial charge in [-0.25, -0.2) is 5.09 Å². The van der Waals surface area contributed by atoms with Gasteiger partial charge in [-0.3, -0.25) is 4.79 Å². The van der Waals surface area contributed by atoms with Crippen molar-refractivity contribution < 1.29 is 14.1 Å². The molecule has 1 rings (SSSR count). The number of hydrogen-bond acceptors (Lipinski definition) is 3. The molecule has 0 spiro atoms. The first-order valence-corrected chi connectivity index (χ1v) is 8.51. The van der Waals surface area contributed by atoms with E-state index in [1.807, 2.05) is 32.0 Å². The third kappa shape index (κ3) is 4.81. The molecule has 0 bridgehead atoms. The van der Waals surface area contributed by atoms with E-state index in [9.17, 15) is 9.36 Å². The van der Waals surface area contributed by atoms with Gasteiger partial charge in [-0.05, 0) is 12.3 Å². The molecule has 19 heavy (non-hydrogen) atoms. The molecule has 4 nitrogen and oxygen atoms in total. The second-order valence-corrected chi connectivity index (χ2v) is 7.72. The summed E-state index contributed by atoms with van der Waals surface area (Å²) in [5.41, 5.74) is 0. The van der Waals surface area contributed by atoms with Crippen LogP contribution in [-0.2, 0) is 14.1 Å². The average molecular weight is 283 g/mol. The fraction of sp³-hybridized carbons (Fsp3) is 0.500. The molecule has 0 radical (unpaired) electrons. The summed E-state index contributed by atoms with van der Waals surface area (Å²) in [4.78, 5) is 11.8. The molecular weight excluding hydrogens is 261 g/mol. The van der Waals surface area contributed by atoms with Crippen LogP contribution >= 0.6 is 7.29 Å². The van der Waals surface area contributed by atoms with Crippen molar-refractivity contribution in [2.24, 2.45) is 5.92 Å². The molecule has 0 aliphatic rings. The van der Waals surface area contributed by atoms with Crippen LogP contribution in [0.1, 0.15) is 20.3 Å². The normalized spacial score (nSPS) is 15.8. The van der Waals surface area contributed by atoms with Crippen LogP contribution in [0.5, 0.6) is 0 Å². The third-order valence-electron chi connectivity index (χ3n) is 2.84. The Hall–Kier alpha value is -1.12. The van der Waals surface area contributed by atoms with Crippen LogP contribution in [0.25, 0.3) is 0 Å². The fourth-order valence-electron chi connectivity index (χ4n) is 1.90. The largest absolute Gasteiger partial charge is 0.468 e. The first-order valence-electron chi connectivity index (χ1n) is 6.35. The molecule has 1 N–H and O–H groups in total. The second kappa shape index (κ2) is 6.88. The van der Waals surface area contributed by atoms with Crippen molar-refractivity contribution in [2.75, 3.05) is 13.8 Å². The fourth-order valence-corrected chi connectivity index (χ4v) is 3.60. The summed E-state index contributed by atoms with van der Waals surface area (Å²) in [6.45, 7) is 5.67. The van der Waals surface area contributed by atoms with Crippen LogP contribution in [0.2, 0.25) is 0 Å². The zero-order valence-electron chi connectivity index (χ0n) is 11.9. The molecule has 5 heteroatoms. The van der Waals surface area contributed by atoms with Crippen molar-refractivity contribution in [2.45, 2.75) is 26.3 Å². The lowest BCUT2D eigenvalue weighted by Gasteiger charge is -2.23. The summed E-state index contributed by atoms with van der Waals surface area (Å²) in [7, 11) is -1.43.